The van der Waals surface area contributed by atoms with E-state index in [0.29, 0.717) is 0 Å². The molecule has 0 saturated carbocycles. The molecular formula is C21H16N4O5. The number of rotatable bonds is 6. The van der Waals surface area contributed by atoms with Gasteiger partial charge in [0, 0.05) is 12.1 Å². The molecule has 0 aliphatic heterocycles. The summed E-state index contributed by atoms with van der Waals surface area (Å²) in [6.45, 7) is 0.375. The quantitative estimate of drug-likeness (QED) is 0.359. The Bertz CT molecular complexity index is 1210. The van der Waals surface area contributed by atoms with E-state index in [1.165, 1.54) is 9.13 Å². The minimum atomic E-state index is -0.802. The third-order valence-electron chi connectivity index (χ3n) is 4.88. The van der Waals surface area contributed by atoms with Crippen molar-refractivity contribution in [3.8, 4) is 0 Å². The molecule has 4 rings (SSSR count). The van der Waals surface area contributed by atoms with Crippen molar-refractivity contribution in [2.75, 3.05) is 0 Å². The van der Waals surface area contributed by atoms with Crippen LogP contribution in [0.15, 0.2) is 77.6 Å². The maximum absolute atomic E-state index is 13.2. The Labute approximate surface area is 169 Å². The Hall–Kier alpha value is -4.27. The Kier molecular flexibility index (Phi) is 4.85. The van der Waals surface area contributed by atoms with Crippen molar-refractivity contribution >= 4 is 22.4 Å². The van der Waals surface area contributed by atoms with Gasteiger partial charge in [-0.1, -0.05) is 60.7 Å². The normalized spacial score (nSPS) is 10.9. The van der Waals surface area contributed by atoms with Gasteiger partial charge in [-0.05, 0) is 11.1 Å². The van der Waals surface area contributed by atoms with Crippen LogP contribution in [0, 0.1) is 20.2 Å². The molecule has 0 atom stereocenters. The molecule has 0 aliphatic carbocycles. The minimum absolute atomic E-state index is 0.187. The highest BCUT2D eigenvalue weighted by molar-refractivity contribution is 5.84. The molecule has 0 unspecified atom stereocenters. The predicted octanol–water partition coefficient (Wildman–Crippen LogP) is 3.72. The molecule has 9 heteroatoms. The summed E-state index contributed by atoms with van der Waals surface area (Å²) in [7, 11) is 0. The lowest BCUT2D eigenvalue weighted by molar-refractivity contribution is -0.422. The third-order valence-corrected chi connectivity index (χ3v) is 4.88. The average Bonchev–Trinajstić information content (AvgIpc) is 2.99. The first-order valence-electron chi connectivity index (χ1n) is 9.09. The highest BCUT2D eigenvalue weighted by Gasteiger charge is 2.28. The van der Waals surface area contributed by atoms with Crippen LogP contribution in [0.5, 0.6) is 0 Å². The number of nitrogens with zero attached hydrogens (tertiary/aromatic N) is 4. The molecule has 1 aromatic heterocycles. The van der Waals surface area contributed by atoms with Crippen LogP contribution in [-0.4, -0.2) is 19.0 Å². The molecule has 0 radical (unpaired) electrons. The Morgan fingerprint density at radius 3 is 1.37 bits per heavy atom. The van der Waals surface area contributed by atoms with Crippen molar-refractivity contribution in [1.82, 2.24) is 9.13 Å². The SMILES string of the molecule is O=c1n(Cc2ccccc2)c2cc([N+](=O)[O-])c([N+](=O)[O-])cc2n1Cc1ccccc1. The fourth-order valence-electron chi connectivity index (χ4n) is 3.47. The summed E-state index contributed by atoms with van der Waals surface area (Å²) in [4.78, 5) is 34.5. The number of benzene rings is 3. The minimum Gasteiger partial charge on any atom is -0.287 e. The third kappa shape index (κ3) is 3.44. The molecule has 0 N–H and O–H groups in total. The molecule has 30 heavy (non-hydrogen) atoms. The van der Waals surface area contributed by atoms with Crippen LogP contribution >= 0.6 is 0 Å². The van der Waals surface area contributed by atoms with Crippen molar-refractivity contribution in [3.63, 3.8) is 0 Å². The van der Waals surface area contributed by atoms with Crippen LogP contribution < -0.4 is 5.69 Å². The molecule has 0 saturated heterocycles. The van der Waals surface area contributed by atoms with E-state index in [9.17, 15) is 25.0 Å². The summed E-state index contributed by atoms with van der Waals surface area (Å²) in [6.07, 6.45) is 0. The molecular weight excluding hydrogens is 388 g/mol. The number of imidazole rings is 1. The highest BCUT2D eigenvalue weighted by atomic mass is 16.6. The largest absolute Gasteiger partial charge is 0.348 e. The van der Waals surface area contributed by atoms with Crippen molar-refractivity contribution in [2.24, 2.45) is 0 Å². The Morgan fingerprint density at radius 2 is 1.03 bits per heavy atom. The molecule has 0 aliphatic rings. The van der Waals surface area contributed by atoms with Crippen LogP contribution in [0.25, 0.3) is 11.0 Å². The van der Waals surface area contributed by atoms with E-state index in [-0.39, 0.29) is 24.1 Å². The topological polar surface area (TPSA) is 113 Å². The number of nitro groups is 2. The van der Waals surface area contributed by atoms with E-state index in [4.69, 9.17) is 0 Å². The maximum Gasteiger partial charge on any atom is 0.348 e. The van der Waals surface area contributed by atoms with Crippen molar-refractivity contribution in [2.45, 2.75) is 13.1 Å². The van der Waals surface area contributed by atoms with Crippen LogP contribution in [-0.2, 0) is 13.1 Å². The molecule has 1 heterocycles. The van der Waals surface area contributed by atoms with E-state index >= 15 is 0 Å². The first kappa shape index (κ1) is 19.1. The van der Waals surface area contributed by atoms with Gasteiger partial charge in [0.05, 0.1) is 34.0 Å². The van der Waals surface area contributed by atoms with Crippen LogP contribution in [0.1, 0.15) is 11.1 Å². The summed E-state index contributed by atoms with van der Waals surface area (Å²) >= 11 is 0. The van der Waals surface area contributed by atoms with E-state index in [1.54, 1.807) is 0 Å². The molecule has 0 amide bonds. The second kappa shape index (κ2) is 7.63. The lowest BCUT2D eigenvalue weighted by atomic mass is 10.2. The van der Waals surface area contributed by atoms with Crippen LogP contribution in [0.2, 0.25) is 0 Å². The smallest absolute Gasteiger partial charge is 0.287 e. The molecule has 0 fully saturated rings. The van der Waals surface area contributed by atoms with Gasteiger partial charge in [0.2, 0.25) is 0 Å². The van der Waals surface area contributed by atoms with Gasteiger partial charge in [-0.2, -0.15) is 0 Å². The fraction of sp³-hybridized carbons (Fsp3) is 0.0952. The van der Waals surface area contributed by atoms with Crippen molar-refractivity contribution < 1.29 is 9.85 Å². The Morgan fingerprint density at radius 1 is 0.667 bits per heavy atom. The summed E-state index contributed by atoms with van der Waals surface area (Å²) in [5.41, 5.74) is 0.526. The van der Waals surface area contributed by atoms with Gasteiger partial charge in [0.1, 0.15) is 0 Å². The monoisotopic (exact) mass is 404 g/mol. The number of nitro benzene ring substituents is 2. The van der Waals surface area contributed by atoms with Gasteiger partial charge in [-0.3, -0.25) is 29.4 Å². The number of hydrogen-bond acceptors (Lipinski definition) is 5. The van der Waals surface area contributed by atoms with Gasteiger partial charge in [-0.15, -0.1) is 0 Å². The summed E-state index contributed by atoms with van der Waals surface area (Å²) in [5.74, 6) is 0. The van der Waals surface area contributed by atoms with Crippen LogP contribution in [0.3, 0.4) is 0 Å². The standard InChI is InChI=1S/C21H16N4O5/c26-21-22(13-15-7-3-1-4-8-15)17-11-19(24(27)28)20(25(29)30)12-18(17)23(21)14-16-9-5-2-6-10-16/h1-12H,13-14H2. The lowest BCUT2D eigenvalue weighted by Crippen LogP contribution is -2.25. The van der Waals surface area contributed by atoms with Crippen LogP contribution in [0.4, 0.5) is 11.4 Å². The fourth-order valence-corrected chi connectivity index (χ4v) is 3.47. The number of fused-ring (bicyclic) bond motifs is 1. The van der Waals surface area contributed by atoms with E-state index in [0.717, 1.165) is 23.3 Å². The molecule has 4 aromatic rings. The van der Waals surface area contributed by atoms with Gasteiger partial charge < -0.3 is 0 Å². The first-order valence-corrected chi connectivity index (χ1v) is 9.09. The average molecular weight is 404 g/mol. The van der Waals surface area contributed by atoms with Gasteiger partial charge in [0.15, 0.2) is 0 Å². The zero-order valence-electron chi connectivity index (χ0n) is 15.7. The van der Waals surface area contributed by atoms with Gasteiger partial charge >= 0.3 is 17.1 Å². The van der Waals surface area contributed by atoms with E-state index in [2.05, 4.69) is 0 Å². The van der Waals surface area contributed by atoms with E-state index in [1.807, 2.05) is 60.7 Å². The van der Waals surface area contributed by atoms with Crippen molar-refractivity contribution in [1.29, 1.82) is 0 Å². The number of hydrogen-bond donors (Lipinski definition) is 0. The first-order chi connectivity index (χ1) is 14.5. The van der Waals surface area contributed by atoms with Crippen molar-refractivity contribution in [3.05, 3.63) is 115 Å². The second-order valence-corrected chi connectivity index (χ2v) is 6.77. The molecule has 150 valence electrons. The zero-order chi connectivity index (χ0) is 21.3. The van der Waals surface area contributed by atoms with Gasteiger partial charge in [-0.25, -0.2) is 4.79 Å². The summed E-state index contributed by atoms with van der Waals surface area (Å²) in [6, 6.07) is 20.6. The summed E-state index contributed by atoms with van der Waals surface area (Å²) in [5, 5.41) is 22.9. The van der Waals surface area contributed by atoms with E-state index < -0.39 is 26.9 Å². The molecule has 0 spiro atoms. The highest BCUT2D eigenvalue weighted by Crippen LogP contribution is 2.32. The second-order valence-electron chi connectivity index (χ2n) is 6.77. The van der Waals surface area contributed by atoms with Gasteiger partial charge in [0.25, 0.3) is 0 Å². The molecule has 0 bridgehead atoms. The zero-order valence-corrected chi connectivity index (χ0v) is 15.7. The molecule has 9 nitrogen and oxygen atoms in total. The predicted molar refractivity (Wildman–Crippen MR) is 111 cm³/mol. The lowest BCUT2D eigenvalue weighted by Gasteiger charge is -2.03. The number of aromatic nitrogens is 2. The summed E-state index contributed by atoms with van der Waals surface area (Å²) < 4.78 is 2.81. The Balaban J connectivity index is 1.98. The maximum atomic E-state index is 13.2. The molecule has 3 aromatic carbocycles.